The zero-order valence-electron chi connectivity index (χ0n) is 14.8. The molecule has 3 amide bonds. The SMILES string of the molecule is CC(C)[C@H](NC(=O)Nc1ccccc1)C(=O)N1C[C@@H](C)O[C@@H](C)C1. The first-order valence-electron chi connectivity index (χ1n) is 8.43. The molecule has 6 heteroatoms. The molecule has 0 aromatic heterocycles. The smallest absolute Gasteiger partial charge is 0.319 e. The predicted molar refractivity (Wildman–Crippen MR) is 93.8 cm³/mol. The van der Waals surface area contributed by atoms with E-state index in [1.807, 2.05) is 45.9 Å². The molecule has 132 valence electrons. The Morgan fingerprint density at radius 2 is 1.71 bits per heavy atom. The van der Waals surface area contributed by atoms with E-state index in [9.17, 15) is 9.59 Å². The van der Waals surface area contributed by atoms with Gasteiger partial charge in [0.1, 0.15) is 6.04 Å². The van der Waals surface area contributed by atoms with Crippen molar-refractivity contribution in [2.24, 2.45) is 5.92 Å². The monoisotopic (exact) mass is 333 g/mol. The lowest BCUT2D eigenvalue weighted by molar-refractivity contribution is -0.146. The van der Waals surface area contributed by atoms with E-state index < -0.39 is 6.04 Å². The van der Waals surface area contributed by atoms with Crippen LogP contribution in [0.25, 0.3) is 0 Å². The van der Waals surface area contributed by atoms with Crippen LogP contribution >= 0.6 is 0 Å². The first-order valence-corrected chi connectivity index (χ1v) is 8.43. The van der Waals surface area contributed by atoms with Crippen molar-refractivity contribution in [1.82, 2.24) is 10.2 Å². The van der Waals surface area contributed by atoms with Gasteiger partial charge in [0.25, 0.3) is 0 Å². The van der Waals surface area contributed by atoms with Gasteiger partial charge < -0.3 is 20.3 Å². The minimum atomic E-state index is -0.564. The highest BCUT2D eigenvalue weighted by Crippen LogP contribution is 2.15. The number of amides is 3. The molecule has 24 heavy (non-hydrogen) atoms. The van der Waals surface area contributed by atoms with Crippen molar-refractivity contribution < 1.29 is 14.3 Å². The quantitative estimate of drug-likeness (QED) is 0.889. The van der Waals surface area contributed by atoms with Crippen molar-refractivity contribution in [3.8, 4) is 0 Å². The van der Waals surface area contributed by atoms with Crippen LogP contribution in [-0.2, 0) is 9.53 Å². The fourth-order valence-corrected chi connectivity index (χ4v) is 2.90. The highest BCUT2D eigenvalue weighted by molar-refractivity contribution is 5.93. The number of nitrogens with zero attached hydrogens (tertiary/aromatic N) is 1. The highest BCUT2D eigenvalue weighted by Gasteiger charge is 2.33. The summed E-state index contributed by atoms with van der Waals surface area (Å²) in [7, 11) is 0. The third kappa shape index (κ3) is 4.96. The van der Waals surface area contributed by atoms with Crippen LogP contribution in [-0.4, -0.2) is 48.2 Å². The largest absolute Gasteiger partial charge is 0.372 e. The van der Waals surface area contributed by atoms with E-state index in [2.05, 4.69) is 10.6 Å². The summed E-state index contributed by atoms with van der Waals surface area (Å²) in [6.45, 7) is 8.87. The number of benzene rings is 1. The number of hydrogen-bond donors (Lipinski definition) is 2. The number of carbonyl (C=O) groups is 2. The van der Waals surface area contributed by atoms with Crippen molar-refractivity contribution in [2.75, 3.05) is 18.4 Å². The Hall–Kier alpha value is -2.08. The van der Waals surface area contributed by atoms with Crippen LogP contribution in [0.2, 0.25) is 0 Å². The second kappa shape index (κ2) is 8.15. The molecule has 1 aliphatic heterocycles. The summed E-state index contributed by atoms with van der Waals surface area (Å²) in [5, 5.41) is 5.57. The number of morpholine rings is 1. The third-order valence-electron chi connectivity index (χ3n) is 3.98. The Morgan fingerprint density at radius 1 is 1.12 bits per heavy atom. The number of para-hydroxylation sites is 1. The maximum absolute atomic E-state index is 12.8. The molecular weight excluding hydrogens is 306 g/mol. The van der Waals surface area contributed by atoms with Crippen LogP contribution in [0.5, 0.6) is 0 Å². The lowest BCUT2D eigenvalue weighted by Crippen LogP contribution is -2.57. The minimum Gasteiger partial charge on any atom is -0.372 e. The van der Waals surface area contributed by atoms with Gasteiger partial charge in [0.05, 0.1) is 12.2 Å². The summed E-state index contributed by atoms with van der Waals surface area (Å²) >= 11 is 0. The molecule has 6 nitrogen and oxygen atoms in total. The van der Waals surface area contributed by atoms with E-state index in [0.717, 1.165) is 0 Å². The van der Waals surface area contributed by atoms with Gasteiger partial charge in [0.2, 0.25) is 5.91 Å². The number of hydrogen-bond acceptors (Lipinski definition) is 3. The molecule has 3 atom stereocenters. The number of rotatable bonds is 4. The lowest BCUT2D eigenvalue weighted by atomic mass is 10.0. The van der Waals surface area contributed by atoms with E-state index >= 15 is 0 Å². The molecule has 0 unspecified atom stereocenters. The van der Waals surface area contributed by atoms with Gasteiger partial charge in [-0.2, -0.15) is 0 Å². The predicted octanol–water partition coefficient (Wildman–Crippen LogP) is 2.47. The van der Waals surface area contributed by atoms with Gasteiger partial charge in [-0.15, -0.1) is 0 Å². The van der Waals surface area contributed by atoms with Gasteiger partial charge in [-0.25, -0.2) is 4.79 Å². The average molecular weight is 333 g/mol. The average Bonchev–Trinajstić information content (AvgIpc) is 2.51. The summed E-state index contributed by atoms with van der Waals surface area (Å²) in [6.07, 6.45) is 0.00677. The standard InChI is InChI=1S/C18H27N3O3/c1-12(2)16(17(22)21-10-13(3)24-14(4)11-21)20-18(23)19-15-8-6-5-7-9-15/h5-9,12-14,16H,10-11H2,1-4H3,(H2,19,20,23)/t13-,14+,16-/m0/s1. The Balaban J connectivity index is 2.00. The van der Waals surface area contributed by atoms with Crippen LogP contribution in [0, 0.1) is 5.92 Å². The Kier molecular flexibility index (Phi) is 6.20. The lowest BCUT2D eigenvalue weighted by Gasteiger charge is -2.38. The zero-order valence-corrected chi connectivity index (χ0v) is 14.8. The van der Waals surface area contributed by atoms with Gasteiger partial charge in [-0.05, 0) is 31.9 Å². The summed E-state index contributed by atoms with van der Waals surface area (Å²) in [5.74, 6) is -0.0670. The molecule has 1 heterocycles. The fraction of sp³-hybridized carbons (Fsp3) is 0.556. The van der Waals surface area contributed by atoms with Crippen molar-refractivity contribution in [3.63, 3.8) is 0 Å². The molecule has 1 aliphatic rings. The van der Waals surface area contributed by atoms with E-state index in [1.54, 1.807) is 17.0 Å². The molecule has 1 fully saturated rings. The van der Waals surface area contributed by atoms with Gasteiger partial charge in [0.15, 0.2) is 0 Å². The summed E-state index contributed by atoms with van der Waals surface area (Å²) in [5.41, 5.74) is 0.693. The molecule has 0 aliphatic carbocycles. The highest BCUT2D eigenvalue weighted by atomic mass is 16.5. The molecule has 0 saturated carbocycles. The zero-order chi connectivity index (χ0) is 17.7. The van der Waals surface area contributed by atoms with Crippen LogP contribution < -0.4 is 10.6 Å². The first-order chi connectivity index (χ1) is 11.4. The van der Waals surface area contributed by atoms with Crippen molar-refractivity contribution in [2.45, 2.75) is 45.9 Å². The molecule has 2 rings (SSSR count). The number of urea groups is 1. The van der Waals surface area contributed by atoms with Crippen LogP contribution in [0.15, 0.2) is 30.3 Å². The van der Waals surface area contributed by atoms with Crippen LogP contribution in [0.1, 0.15) is 27.7 Å². The molecule has 2 N–H and O–H groups in total. The van der Waals surface area contributed by atoms with E-state index in [-0.39, 0.29) is 30.1 Å². The summed E-state index contributed by atoms with van der Waals surface area (Å²) < 4.78 is 5.67. The van der Waals surface area contributed by atoms with Gasteiger partial charge in [0, 0.05) is 18.8 Å². The van der Waals surface area contributed by atoms with Crippen molar-refractivity contribution >= 4 is 17.6 Å². The molecule has 0 bridgehead atoms. The minimum absolute atomic E-state index is 0.00339. The fourth-order valence-electron chi connectivity index (χ4n) is 2.90. The Labute approximate surface area is 143 Å². The molecule has 1 saturated heterocycles. The van der Waals surface area contributed by atoms with Crippen LogP contribution in [0.3, 0.4) is 0 Å². The number of anilines is 1. The van der Waals surface area contributed by atoms with E-state index in [0.29, 0.717) is 18.8 Å². The molecule has 0 radical (unpaired) electrons. The second-order valence-corrected chi connectivity index (χ2v) is 6.69. The van der Waals surface area contributed by atoms with E-state index in [1.165, 1.54) is 0 Å². The van der Waals surface area contributed by atoms with Crippen LogP contribution in [0.4, 0.5) is 10.5 Å². The van der Waals surface area contributed by atoms with Gasteiger partial charge in [-0.1, -0.05) is 32.0 Å². The van der Waals surface area contributed by atoms with Gasteiger partial charge >= 0.3 is 6.03 Å². The summed E-state index contributed by atoms with van der Waals surface area (Å²) in [6, 6.07) is 8.24. The Morgan fingerprint density at radius 3 is 2.25 bits per heavy atom. The molecule has 1 aromatic carbocycles. The topological polar surface area (TPSA) is 70.7 Å². The summed E-state index contributed by atoms with van der Waals surface area (Å²) in [4.78, 5) is 26.9. The second-order valence-electron chi connectivity index (χ2n) is 6.69. The number of carbonyl (C=O) groups excluding carboxylic acids is 2. The Bertz CT molecular complexity index is 552. The number of ether oxygens (including phenoxy) is 1. The molecule has 0 spiro atoms. The normalized spacial score (nSPS) is 22.1. The maximum atomic E-state index is 12.8. The van der Waals surface area contributed by atoms with Crippen molar-refractivity contribution in [1.29, 1.82) is 0 Å². The van der Waals surface area contributed by atoms with Gasteiger partial charge in [-0.3, -0.25) is 4.79 Å². The molecular formula is C18H27N3O3. The molecule has 1 aromatic rings. The van der Waals surface area contributed by atoms with Crippen molar-refractivity contribution in [3.05, 3.63) is 30.3 Å². The van der Waals surface area contributed by atoms with E-state index in [4.69, 9.17) is 4.74 Å². The maximum Gasteiger partial charge on any atom is 0.319 e. The first kappa shape index (κ1) is 18.3. The number of nitrogens with one attached hydrogen (secondary N) is 2. The third-order valence-corrected chi connectivity index (χ3v) is 3.98.